The van der Waals surface area contributed by atoms with Crippen LogP contribution in [-0.2, 0) is 6.42 Å². The molecule has 0 amide bonds. The highest BCUT2D eigenvalue weighted by atomic mass is 35.5. The van der Waals surface area contributed by atoms with Crippen LogP contribution in [-0.4, -0.2) is 35.0 Å². The number of aliphatic hydroxyl groups is 1. The van der Waals surface area contributed by atoms with Gasteiger partial charge in [0.05, 0.1) is 18.8 Å². The molecule has 162 valence electrons. The molecule has 0 saturated heterocycles. The maximum atomic E-state index is 9.45. The van der Waals surface area contributed by atoms with Gasteiger partial charge < -0.3 is 19.7 Å². The number of nitrogens with zero attached hydrogens (tertiary/aromatic N) is 3. The van der Waals surface area contributed by atoms with Gasteiger partial charge in [-0.3, -0.25) is 0 Å². The predicted molar refractivity (Wildman–Crippen MR) is 119 cm³/mol. The largest absolute Gasteiger partial charge is 0.492 e. The Morgan fingerprint density at radius 1 is 1.32 bits per heavy atom. The lowest BCUT2D eigenvalue weighted by atomic mass is 10.0. The van der Waals surface area contributed by atoms with Crippen LogP contribution in [0, 0.1) is 11.3 Å². The summed E-state index contributed by atoms with van der Waals surface area (Å²) in [6, 6.07) is 13.8. The number of aromatic nitrogens is 2. The van der Waals surface area contributed by atoms with Gasteiger partial charge in [-0.2, -0.15) is 10.2 Å². The van der Waals surface area contributed by atoms with Crippen LogP contribution in [0.3, 0.4) is 0 Å². The lowest BCUT2D eigenvalue weighted by molar-refractivity contribution is 0.284. The predicted octanol–water partition coefficient (Wildman–Crippen LogP) is 4.06. The minimum atomic E-state index is 0. The van der Waals surface area contributed by atoms with E-state index in [0.29, 0.717) is 41.7 Å². The van der Waals surface area contributed by atoms with Crippen molar-refractivity contribution in [2.24, 2.45) is 0 Å². The number of halogens is 1. The lowest BCUT2D eigenvalue weighted by Gasteiger charge is -2.13. The van der Waals surface area contributed by atoms with E-state index >= 15 is 0 Å². The smallest absolute Gasteiger partial charge is 0.258 e. The highest BCUT2D eigenvalue weighted by Gasteiger charge is 2.26. The van der Waals surface area contributed by atoms with Gasteiger partial charge in [-0.15, -0.1) is 12.4 Å². The quantitative estimate of drug-likeness (QED) is 0.544. The number of rotatable bonds is 8. The zero-order valence-electron chi connectivity index (χ0n) is 17.3. The van der Waals surface area contributed by atoms with Crippen LogP contribution in [0.4, 0.5) is 0 Å². The summed E-state index contributed by atoms with van der Waals surface area (Å²) in [6.45, 7) is 3.27. The third kappa shape index (κ3) is 4.72. The Balaban J connectivity index is 0.00000272. The summed E-state index contributed by atoms with van der Waals surface area (Å²) in [5, 5.41) is 26.1. The maximum Gasteiger partial charge on any atom is 0.258 e. The SMILES string of the molecule is CCCOc1ccc(-c2nc(-c3cccc4c3CC[C@@H]4NCCO)no2)cc1C#N.Cl. The fourth-order valence-corrected chi connectivity index (χ4v) is 3.85. The molecule has 1 atom stereocenters. The number of nitrogens with one attached hydrogen (secondary N) is 1. The standard InChI is InChI=1S/C23H24N4O3.ClH/c1-2-12-29-21-9-6-15(13-16(21)14-24)23-26-22(27-30-23)19-5-3-4-18-17(19)7-8-20(18)25-10-11-28;/h3-6,9,13,20,25,28H,2,7-8,10-12H2,1H3;1H/t20-;/m0./s1. The number of fused-ring (bicyclic) bond motifs is 1. The normalized spacial score (nSPS) is 14.5. The molecule has 1 aromatic heterocycles. The van der Waals surface area contributed by atoms with Crippen LogP contribution in [0.5, 0.6) is 5.75 Å². The molecule has 1 aliphatic carbocycles. The average molecular weight is 441 g/mol. The summed E-state index contributed by atoms with van der Waals surface area (Å²) < 4.78 is 11.1. The summed E-state index contributed by atoms with van der Waals surface area (Å²) >= 11 is 0. The third-order valence-corrected chi connectivity index (χ3v) is 5.25. The monoisotopic (exact) mass is 440 g/mol. The van der Waals surface area contributed by atoms with Crippen molar-refractivity contribution in [2.75, 3.05) is 19.8 Å². The summed E-state index contributed by atoms with van der Waals surface area (Å²) in [5.41, 5.74) is 4.51. The third-order valence-electron chi connectivity index (χ3n) is 5.25. The number of hydrogen-bond donors (Lipinski definition) is 2. The molecule has 0 spiro atoms. The first-order chi connectivity index (χ1) is 14.7. The molecule has 0 saturated carbocycles. The van der Waals surface area contributed by atoms with E-state index in [0.717, 1.165) is 24.8 Å². The summed E-state index contributed by atoms with van der Waals surface area (Å²) in [7, 11) is 0. The number of aliphatic hydroxyl groups excluding tert-OH is 1. The van der Waals surface area contributed by atoms with E-state index in [-0.39, 0.29) is 25.1 Å². The molecule has 8 heteroatoms. The first-order valence-electron chi connectivity index (χ1n) is 10.2. The van der Waals surface area contributed by atoms with Gasteiger partial charge in [0.25, 0.3) is 5.89 Å². The van der Waals surface area contributed by atoms with Gasteiger partial charge in [0, 0.05) is 23.7 Å². The molecular formula is C23H25ClN4O3. The number of nitriles is 1. The average Bonchev–Trinajstić information content (AvgIpc) is 3.43. The van der Waals surface area contributed by atoms with Crippen molar-refractivity contribution in [2.45, 2.75) is 32.2 Å². The van der Waals surface area contributed by atoms with Crippen LogP contribution in [0.2, 0.25) is 0 Å². The van der Waals surface area contributed by atoms with Gasteiger partial charge in [-0.25, -0.2) is 0 Å². The van der Waals surface area contributed by atoms with Gasteiger partial charge in [0.1, 0.15) is 11.8 Å². The van der Waals surface area contributed by atoms with Crippen LogP contribution in [0.1, 0.15) is 42.5 Å². The van der Waals surface area contributed by atoms with E-state index in [4.69, 9.17) is 14.4 Å². The Bertz CT molecular complexity index is 1080. The molecular weight excluding hydrogens is 416 g/mol. The van der Waals surface area contributed by atoms with Crippen LogP contribution in [0.25, 0.3) is 22.8 Å². The molecule has 1 heterocycles. The summed E-state index contributed by atoms with van der Waals surface area (Å²) in [5.74, 6) is 1.47. The second-order valence-corrected chi connectivity index (χ2v) is 7.24. The van der Waals surface area contributed by atoms with Crippen LogP contribution in [0.15, 0.2) is 40.9 Å². The van der Waals surface area contributed by atoms with E-state index < -0.39 is 0 Å². The van der Waals surface area contributed by atoms with Crippen molar-refractivity contribution in [3.05, 3.63) is 53.1 Å². The topological polar surface area (TPSA) is 104 Å². The fraction of sp³-hybridized carbons (Fsp3) is 0.348. The second kappa shape index (κ2) is 10.4. The number of ether oxygens (including phenoxy) is 1. The molecule has 0 aliphatic heterocycles. The van der Waals surface area contributed by atoms with Gasteiger partial charge >= 0.3 is 0 Å². The Morgan fingerprint density at radius 2 is 2.19 bits per heavy atom. The summed E-state index contributed by atoms with van der Waals surface area (Å²) in [4.78, 5) is 4.59. The first kappa shape index (κ1) is 22.8. The van der Waals surface area contributed by atoms with Gasteiger partial charge in [-0.05, 0) is 48.6 Å². The molecule has 31 heavy (non-hydrogen) atoms. The van der Waals surface area contributed by atoms with Crippen LogP contribution < -0.4 is 10.1 Å². The van der Waals surface area contributed by atoms with Crippen LogP contribution >= 0.6 is 12.4 Å². The van der Waals surface area contributed by atoms with E-state index in [1.807, 2.05) is 25.1 Å². The zero-order valence-corrected chi connectivity index (χ0v) is 18.1. The first-order valence-corrected chi connectivity index (χ1v) is 10.2. The molecule has 0 fully saturated rings. The minimum absolute atomic E-state index is 0. The van der Waals surface area contributed by atoms with Gasteiger partial charge in [0.2, 0.25) is 5.82 Å². The Kier molecular flexibility index (Phi) is 7.64. The number of benzene rings is 2. The second-order valence-electron chi connectivity index (χ2n) is 7.24. The summed E-state index contributed by atoms with van der Waals surface area (Å²) in [6.07, 6.45) is 2.76. The fourth-order valence-electron chi connectivity index (χ4n) is 3.85. The highest BCUT2D eigenvalue weighted by molar-refractivity contribution is 5.85. The maximum absolute atomic E-state index is 9.45. The molecule has 1 aliphatic rings. The highest BCUT2D eigenvalue weighted by Crippen LogP contribution is 2.37. The molecule has 2 N–H and O–H groups in total. The van der Waals surface area contributed by atoms with E-state index in [1.54, 1.807) is 12.1 Å². The van der Waals surface area contributed by atoms with Crippen molar-refractivity contribution in [3.63, 3.8) is 0 Å². The van der Waals surface area contributed by atoms with E-state index in [9.17, 15) is 5.26 Å². The van der Waals surface area contributed by atoms with E-state index in [1.165, 1.54) is 11.1 Å². The van der Waals surface area contributed by atoms with Crippen molar-refractivity contribution in [1.29, 1.82) is 5.26 Å². The molecule has 0 radical (unpaired) electrons. The lowest BCUT2D eigenvalue weighted by Crippen LogP contribution is -2.22. The molecule has 7 nitrogen and oxygen atoms in total. The van der Waals surface area contributed by atoms with Crippen molar-refractivity contribution in [3.8, 4) is 34.7 Å². The Morgan fingerprint density at radius 3 is 2.97 bits per heavy atom. The van der Waals surface area contributed by atoms with Crippen molar-refractivity contribution >= 4 is 12.4 Å². The molecule has 2 aromatic carbocycles. The zero-order chi connectivity index (χ0) is 20.9. The Hall–Kier alpha value is -2.92. The molecule has 4 rings (SSSR count). The molecule has 0 unspecified atom stereocenters. The number of hydrogen-bond acceptors (Lipinski definition) is 7. The van der Waals surface area contributed by atoms with E-state index in [2.05, 4.69) is 27.6 Å². The van der Waals surface area contributed by atoms with Crippen molar-refractivity contribution < 1.29 is 14.4 Å². The van der Waals surface area contributed by atoms with Crippen molar-refractivity contribution in [1.82, 2.24) is 15.5 Å². The Labute approximate surface area is 187 Å². The van der Waals surface area contributed by atoms with Gasteiger partial charge in [-0.1, -0.05) is 30.3 Å². The molecule has 0 bridgehead atoms. The molecule has 3 aromatic rings. The van der Waals surface area contributed by atoms with Gasteiger partial charge in [0.15, 0.2) is 0 Å². The minimum Gasteiger partial charge on any atom is -0.492 e.